The molecule has 90 valence electrons. The van der Waals surface area contributed by atoms with Gasteiger partial charge in [-0.1, -0.05) is 0 Å². The summed E-state index contributed by atoms with van der Waals surface area (Å²) in [6.45, 7) is 2.86. The maximum absolute atomic E-state index is 11.1. The van der Waals surface area contributed by atoms with Crippen molar-refractivity contribution in [1.82, 2.24) is 14.7 Å². The van der Waals surface area contributed by atoms with Crippen LogP contribution in [-0.2, 0) is 23.1 Å². The van der Waals surface area contributed by atoms with Crippen molar-refractivity contribution in [3.8, 4) is 0 Å². The topological polar surface area (TPSA) is 47.4 Å². The van der Waals surface area contributed by atoms with E-state index in [9.17, 15) is 4.79 Å². The molecule has 1 rings (SSSR count). The fraction of sp³-hybridized carbons (Fsp3) is 0.600. The van der Waals surface area contributed by atoms with Crippen molar-refractivity contribution >= 4 is 21.9 Å². The Morgan fingerprint density at radius 2 is 2.25 bits per heavy atom. The van der Waals surface area contributed by atoms with E-state index < -0.39 is 0 Å². The van der Waals surface area contributed by atoms with Gasteiger partial charge in [-0.2, -0.15) is 5.10 Å². The number of carbonyl (C=O) groups is 1. The lowest BCUT2D eigenvalue weighted by molar-refractivity contribution is -0.141. The summed E-state index contributed by atoms with van der Waals surface area (Å²) in [5.41, 5.74) is 1.99. The van der Waals surface area contributed by atoms with Crippen LogP contribution in [0.1, 0.15) is 11.4 Å². The summed E-state index contributed by atoms with van der Waals surface area (Å²) in [7, 11) is 5.14. The lowest BCUT2D eigenvalue weighted by atomic mass is 10.3. The van der Waals surface area contributed by atoms with Gasteiger partial charge in [-0.25, -0.2) is 0 Å². The van der Waals surface area contributed by atoms with Crippen LogP contribution in [0, 0.1) is 6.92 Å². The Kier molecular flexibility index (Phi) is 4.49. The van der Waals surface area contributed by atoms with Crippen molar-refractivity contribution in [3.05, 3.63) is 15.9 Å². The molecule has 0 aromatic carbocycles. The van der Waals surface area contributed by atoms with Gasteiger partial charge in [0, 0.05) is 13.6 Å². The molecular formula is C10H16BrN3O2. The second-order valence-corrected chi connectivity index (χ2v) is 4.51. The van der Waals surface area contributed by atoms with Crippen molar-refractivity contribution in [2.45, 2.75) is 13.5 Å². The van der Waals surface area contributed by atoms with E-state index in [1.165, 1.54) is 7.11 Å². The van der Waals surface area contributed by atoms with Gasteiger partial charge in [-0.05, 0) is 29.9 Å². The number of rotatable bonds is 4. The summed E-state index contributed by atoms with van der Waals surface area (Å²) < 4.78 is 7.41. The van der Waals surface area contributed by atoms with Crippen LogP contribution < -0.4 is 0 Å². The molecule has 0 atom stereocenters. The smallest absolute Gasteiger partial charge is 0.319 e. The van der Waals surface area contributed by atoms with E-state index in [4.69, 9.17) is 0 Å². The molecule has 6 heteroatoms. The van der Waals surface area contributed by atoms with Gasteiger partial charge in [0.2, 0.25) is 0 Å². The fourth-order valence-corrected chi connectivity index (χ4v) is 1.91. The number of nitrogens with zero attached hydrogens (tertiary/aromatic N) is 3. The Balaban J connectivity index is 2.69. The van der Waals surface area contributed by atoms with Gasteiger partial charge >= 0.3 is 5.97 Å². The average Bonchev–Trinajstić information content (AvgIpc) is 2.45. The Hall–Kier alpha value is -0.880. The SMILES string of the molecule is COC(=O)CN(C)Cc1c(Br)c(C)nn1C. The molecule has 0 saturated carbocycles. The van der Waals surface area contributed by atoms with E-state index in [1.807, 2.05) is 30.6 Å². The number of carbonyl (C=O) groups excluding carboxylic acids is 1. The Bertz CT molecular complexity index is 390. The van der Waals surface area contributed by atoms with Crippen LogP contribution in [0.15, 0.2) is 4.47 Å². The monoisotopic (exact) mass is 289 g/mol. The molecule has 0 aliphatic rings. The van der Waals surface area contributed by atoms with Gasteiger partial charge in [0.05, 0.1) is 29.5 Å². The first-order valence-corrected chi connectivity index (χ1v) is 5.68. The van der Waals surface area contributed by atoms with E-state index >= 15 is 0 Å². The van der Waals surface area contributed by atoms with Crippen molar-refractivity contribution < 1.29 is 9.53 Å². The van der Waals surface area contributed by atoms with Crippen molar-refractivity contribution in [3.63, 3.8) is 0 Å². The van der Waals surface area contributed by atoms with E-state index in [0.29, 0.717) is 6.54 Å². The van der Waals surface area contributed by atoms with E-state index in [0.717, 1.165) is 15.9 Å². The Morgan fingerprint density at radius 3 is 2.69 bits per heavy atom. The minimum atomic E-state index is -0.238. The number of likely N-dealkylation sites (N-methyl/N-ethyl adjacent to an activating group) is 1. The molecule has 0 N–H and O–H groups in total. The van der Waals surface area contributed by atoms with Crippen LogP contribution in [0.25, 0.3) is 0 Å². The normalized spacial score (nSPS) is 10.9. The molecule has 1 heterocycles. The number of halogens is 1. The number of aryl methyl sites for hydroxylation is 2. The van der Waals surface area contributed by atoms with Gasteiger partial charge in [0.1, 0.15) is 0 Å². The molecule has 0 radical (unpaired) electrons. The number of hydrogen-bond donors (Lipinski definition) is 0. The Morgan fingerprint density at radius 1 is 1.62 bits per heavy atom. The summed E-state index contributed by atoms with van der Waals surface area (Å²) in [6, 6.07) is 0. The number of ether oxygens (including phenoxy) is 1. The van der Waals surface area contributed by atoms with E-state index in [2.05, 4.69) is 25.8 Å². The number of methoxy groups -OCH3 is 1. The number of esters is 1. The maximum atomic E-state index is 11.1. The van der Waals surface area contributed by atoms with Crippen LogP contribution in [0.4, 0.5) is 0 Å². The van der Waals surface area contributed by atoms with E-state index in [-0.39, 0.29) is 12.5 Å². The summed E-state index contributed by atoms with van der Waals surface area (Å²) in [5.74, 6) is -0.238. The minimum absolute atomic E-state index is 0.238. The summed E-state index contributed by atoms with van der Waals surface area (Å²) >= 11 is 3.49. The highest BCUT2D eigenvalue weighted by molar-refractivity contribution is 9.10. The van der Waals surface area contributed by atoms with Crippen molar-refractivity contribution in [1.29, 1.82) is 0 Å². The number of hydrogen-bond acceptors (Lipinski definition) is 4. The standard InChI is InChI=1S/C10H16BrN3O2/c1-7-10(11)8(14(3)12-7)5-13(2)6-9(15)16-4/h5-6H2,1-4H3. The molecule has 5 nitrogen and oxygen atoms in total. The Labute approximate surface area is 103 Å². The first-order chi connectivity index (χ1) is 7.45. The third-order valence-electron chi connectivity index (χ3n) is 2.31. The summed E-state index contributed by atoms with van der Waals surface area (Å²) in [5, 5.41) is 4.29. The highest BCUT2D eigenvalue weighted by Gasteiger charge is 2.14. The van der Waals surface area contributed by atoms with Crippen molar-refractivity contribution in [2.75, 3.05) is 20.7 Å². The fourth-order valence-electron chi connectivity index (χ4n) is 1.45. The van der Waals surface area contributed by atoms with Crippen LogP contribution in [0.5, 0.6) is 0 Å². The van der Waals surface area contributed by atoms with E-state index in [1.54, 1.807) is 0 Å². The molecule has 0 bridgehead atoms. The predicted molar refractivity (Wildman–Crippen MR) is 64.0 cm³/mol. The molecule has 0 spiro atoms. The quantitative estimate of drug-likeness (QED) is 0.779. The molecule has 16 heavy (non-hydrogen) atoms. The van der Waals surface area contributed by atoms with Gasteiger partial charge in [-0.15, -0.1) is 0 Å². The number of aromatic nitrogens is 2. The molecule has 0 saturated heterocycles. The average molecular weight is 290 g/mol. The highest BCUT2D eigenvalue weighted by atomic mass is 79.9. The second-order valence-electron chi connectivity index (χ2n) is 3.72. The molecule has 0 aliphatic heterocycles. The molecular weight excluding hydrogens is 274 g/mol. The first kappa shape index (κ1) is 13.2. The van der Waals surface area contributed by atoms with Gasteiger partial charge in [-0.3, -0.25) is 14.4 Å². The maximum Gasteiger partial charge on any atom is 0.319 e. The van der Waals surface area contributed by atoms with Crippen LogP contribution >= 0.6 is 15.9 Å². The summed E-state index contributed by atoms with van der Waals surface area (Å²) in [4.78, 5) is 13.0. The molecule has 0 amide bonds. The highest BCUT2D eigenvalue weighted by Crippen LogP contribution is 2.21. The second kappa shape index (κ2) is 5.45. The van der Waals surface area contributed by atoms with Crippen LogP contribution in [0.2, 0.25) is 0 Å². The van der Waals surface area contributed by atoms with Crippen LogP contribution in [-0.4, -0.2) is 41.4 Å². The third-order valence-corrected chi connectivity index (χ3v) is 3.34. The zero-order valence-electron chi connectivity index (χ0n) is 9.95. The molecule has 1 aromatic heterocycles. The summed E-state index contributed by atoms with van der Waals surface area (Å²) in [6.07, 6.45) is 0. The van der Waals surface area contributed by atoms with Gasteiger partial charge in [0.15, 0.2) is 0 Å². The molecule has 0 unspecified atom stereocenters. The minimum Gasteiger partial charge on any atom is -0.468 e. The molecule has 1 aromatic rings. The van der Waals surface area contributed by atoms with Crippen molar-refractivity contribution in [2.24, 2.45) is 7.05 Å². The zero-order chi connectivity index (χ0) is 12.3. The van der Waals surface area contributed by atoms with Gasteiger partial charge in [0.25, 0.3) is 0 Å². The molecule has 0 fully saturated rings. The third kappa shape index (κ3) is 3.05. The largest absolute Gasteiger partial charge is 0.468 e. The van der Waals surface area contributed by atoms with Crippen LogP contribution in [0.3, 0.4) is 0 Å². The lowest BCUT2D eigenvalue weighted by Crippen LogP contribution is -2.27. The van der Waals surface area contributed by atoms with Gasteiger partial charge < -0.3 is 4.74 Å². The lowest BCUT2D eigenvalue weighted by Gasteiger charge is -2.15. The first-order valence-electron chi connectivity index (χ1n) is 4.89. The predicted octanol–water partition coefficient (Wildman–Crippen LogP) is 1.10. The molecule has 0 aliphatic carbocycles. The zero-order valence-corrected chi connectivity index (χ0v) is 11.5.